The Balaban J connectivity index is 1.61. The van der Waals surface area contributed by atoms with Gasteiger partial charge in [-0.25, -0.2) is 0 Å². The lowest BCUT2D eigenvalue weighted by atomic mass is 9.49. The number of rotatable bonds is 16. The second-order valence-corrected chi connectivity index (χ2v) is 28.2. The van der Waals surface area contributed by atoms with Crippen LogP contribution in [0, 0.1) is 21.7 Å². The minimum Gasteiger partial charge on any atom is -0.363 e. The number of anilines is 2. The van der Waals surface area contributed by atoms with E-state index in [0.717, 1.165) is 48.5 Å². The molecule has 4 nitrogen and oxygen atoms in total. The zero-order valence-corrected chi connectivity index (χ0v) is 47.9. The zero-order valence-electron chi connectivity index (χ0n) is 44.6. The van der Waals surface area contributed by atoms with E-state index in [1.165, 1.54) is 102 Å². The molecule has 0 aliphatic heterocycles. The van der Waals surface area contributed by atoms with Crippen molar-refractivity contribution in [1.29, 1.82) is 0 Å². The third kappa shape index (κ3) is 9.85. The molecule has 3 aliphatic rings. The summed E-state index contributed by atoms with van der Waals surface area (Å²) in [5.41, 5.74) is 2.50. The Bertz CT molecular complexity index is 2360. The van der Waals surface area contributed by atoms with Crippen molar-refractivity contribution in [3.05, 3.63) is 92.7 Å². The molecule has 0 unspecified atom stereocenters. The number of hydrogen-bond acceptors (Lipinski definition) is 8. The van der Waals surface area contributed by atoms with Gasteiger partial charge in [0.25, 0.3) is 0 Å². The van der Waals surface area contributed by atoms with Gasteiger partial charge >= 0.3 is 0 Å². The van der Waals surface area contributed by atoms with Gasteiger partial charge in [-0.2, -0.15) is 0 Å². The summed E-state index contributed by atoms with van der Waals surface area (Å²) in [7, 11) is 0. The Morgan fingerprint density at radius 3 is 0.941 bits per heavy atom. The van der Waals surface area contributed by atoms with Crippen LogP contribution in [0.25, 0.3) is 30.6 Å². The summed E-state index contributed by atoms with van der Waals surface area (Å²) in [6.07, 6.45) is 19.0. The number of hydrogen-bond donors (Lipinski definition) is 0. The first-order chi connectivity index (χ1) is 31.8. The van der Waals surface area contributed by atoms with Crippen LogP contribution in [0.4, 0.5) is 10.0 Å². The molecular weight excluding hydrogens is 909 g/mol. The van der Waals surface area contributed by atoms with Crippen LogP contribution < -0.4 is 9.80 Å². The van der Waals surface area contributed by atoms with E-state index >= 15 is 9.59 Å². The predicted molar refractivity (Wildman–Crippen MR) is 302 cm³/mol. The highest BCUT2D eigenvalue weighted by Gasteiger charge is 2.61. The molecule has 4 aromatic heterocycles. The monoisotopic (exact) mass is 991 g/mol. The highest BCUT2D eigenvalue weighted by atomic mass is 32.1. The summed E-state index contributed by atoms with van der Waals surface area (Å²) >= 11 is 7.66. The summed E-state index contributed by atoms with van der Waals surface area (Å²) in [6.45, 7) is 39.8. The van der Waals surface area contributed by atoms with Crippen LogP contribution in [0.2, 0.25) is 0 Å². The molecule has 4 aromatic rings. The Morgan fingerprint density at radius 1 is 0.412 bits per heavy atom. The lowest BCUT2D eigenvalue weighted by Gasteiger charge is -2.53. The third-order valence-corrected chi connectivity index (χ3v) is 19.6. The molecule has 0 radical (unpaired) electrons. The normalized spacial score (nSPS) is 17.0. The van der Waals surface area contributed by atoms with E-state index in [1.54, 1.807) is 0 Å². The van der Waals surface area contributed by atoms with Crippen LogP contribution in [-0.4, -0.2) is 37.7 Å². The fraction of sp³-hybridized carbons (Fsp3) is 0.567. The largest absolute Gasteiger partial charge is 0.363 e. The molecule has 368 valence electrons. The number of Topliss-reactive ketones (excluding diaryl/α,β-unsaturated/α-hetero) is 2. The second-order valence-electron chi connectivity index (χ2n) is 24.0. The van der Waals surface area contributed by atoms with Crippen molar-refractivity contribution in [3.8, 4) is 30.6 Å². The molecule has 68 heavy (non-hydrogen) atoms. The minimum absolute atomic E-state index is 0.137. The molecule has 0 N–H and O–H groups in total. The quantitative estimate of drug-likeness (QED) is 0.112. The standard InChI is InChI=1S/C60H82N2O2S4/c1-17-21-29-61(30-22-18-2)49-27-25-45(65-49)47-33-39-40-34-48(46-26-28-50(66-46)62(31-23-19-3)32-24-20-4)68-54(40)60(37-43(57(11,12)13)52(64)44(38-60)58(14,15)16)59(53(39)67-47)35-41(55(5,6)7)51(63)42(36-59)56(8,9)10/h25-28,33-38H,17-24,29-32H2,1-16H3. The Kier molecular flexibility index (Phi) is 15.2. The van der Waals surface area contributed by atoms with Gasteiger partial charge in [0.15, 0.2) is 11.6 Å². The van der Waals surface area contributed by atoms with E-state index in [1.807, 2.05) is 45.3 Å². The van der Waals surface area contributed by atoms with Crippen molar-refractivity contribution < 1.29 is 9.59 Å². The van der Waals surface area contributed by atoms with Gasteiger partial charge in [-0.1, -0.05) is 161 Å². The Labute approximate surface area is 427 Å². The summed E-state index contributed by atoms with van der Waals surface area (Å²) < 4.78 is 0. The number of ketones is 2. The average molecular weight is 992 g/mol. The molecule has 0 bridgehead atoms. The van der Waals surface area contributed by atoms with Gasteiger partial charge in [-0.05, 0) is 94.9 Å². The Morgan fingerprint density at radius 2 is 0.691 bits per heavy atom. The molecule has 0 atom stereocenters. The fourth-order valence-electron chi connectivity index (χ4n) is 10.3. The van der Waals surface area contributed by atoms with E-state index in [9.17, 15) is 0 Å². The number of thiophene rings is 4. The van der Waals surface area contributed by atoms with Crippen molar-refractivity contribution in [1.82, 2.24) is 0 Å². The van der Waals surface area contributed by atoms with Crippen molar-refractivity contribution in [3.63, 3.8) is 0 Å². The SMILES string of the molecule is CCCCN(CCCC)c1ccc(-c2cc3c(s2)C2(C=C(C(C)(C)C)C(=O)C(C(C)(C)C)=C2)C2(C=C(C(C)(C)C)C(=O)C(C(C)(C)C)=C2)c2sc(-c4ccc(N(CCCC)CCCC)s4)cc2-3)s1. The predicted octanol–water partition coefficient (Wildman–Crippen LogP) is 18.3. The minimum atomic E-state index is -0.820. The van der Waals surface area contributed by atoms with Gasteiger partial charge in [0.05, 0.1) is 20.8 Å². The highest BCUT2D eigenvalue weighted by Crippen LogP contribution is 2.68. The van der Waals surface area contributed by atoms with Crippen LogP contribution in [0.3, 0.4) is 0 Å². The number of allylic oxidation sites excluding steroid dienone is 8. The highest BCUT2D eigenvalue weighted by molar-refractivity contribution is 7.25. The molecule has 0 fully saturated rings. The van der Waals surface area contributed by atoms with Crippen molar-refractivity contribution in [2.24, 2.45) is 21.7 Å². The van der Waals surface area contributed by atoms with Gasteiger partial charge in [0.2, 0.25) is 0 Å². The van der Waals surface area contributed by atoms with E-state index in [-0.39, 0.29) is 11.6 Å². The molecule has 2 spiro atoms. The van der Waals surface area contributed by atoms with Gasteiger partial charge in [0, 0.05) is 77.7 Å². The summed E-state index contributed by atoms with van der Waals surface area (Å²) in [5, 5.41) is 2.68. The maximum absolute atomic E-state index is 15.2. The lowest BCUT2D eigenvalue weighted by Crippen LogP contribution is -2.52. The first-order valence-electron chi connectivity index (χ1n) is 25.9. The molecular formula is C60H82N2O2S4. The van der Waals surface area contributed by atoms with E-state index in [2.05, 4.69) is 181 Å². The van der Waals surface area contributed by atoms with E-state index in [0.29, 0.717) is 0 Å². The molecule has 0 saturated carbocycles. The van der Waals surface area contributed by atoms with Crippen LogP contribution in [0.1, 0.15) is 172 Å². The van der Waals surface area contributed by atoms with Gasteiger partial charge < -0.3 is 9.80 Å². The molecule has 7 rings (SSSR count). The molecule has 3 aliphatic carbocycles. The van der Waals surface area contributed by atoms with Gasteiger partial charge in [0.1, 0.15) is 0 Å². The first kappa shape index (κ1) is 52.5. The zero-order chi connectivity index (χ0) is 49.8. The first-order valence-corrected chi connectivity index (χ1v) is 29.1. The van der Waals surface area contributed by atoms with Crippen molar-refractivity contribution in [2.75, 3.05) is 36.0 Å². The van der Waals surface area contributed by atoms with E-state index < -0.39 is 32.5 Å². The summed E-state index contributed by atoms with van der Waals surface area (Å²) in [5.74, 6) is 0.273. The van der Waals surface area contributed by atoms with Gasteiger partial charge in [-0.15, -0.1) is 45.3 Å². The smallest absolute Gasteiger partial charge is 0.185 e. The average Bonchev–Trinajstić information content (AvgIpc) is 4.09. The second kappa shape index (κ2) is 19.7. The lowest BCUT2D eigenvalue weighted by molar-refractivity contribution is -0.115. The van der Waals surface area contributed by atoms with Gasteiger partial charge in [-0.3, -0.25) is 9.59 Å². The number of carbonyl (C=O) groups excluding carboxylic acids is 2. The fourth-order valence-corrected chi connectivity index (χ4v) is 15.3. The molecule has 0 saturated heterocycles. The van der Waals surface area contributed by atoms with E-state index in [4.69, 9.17) is 0 Å². The van der Waals surface area contributed by atoms with Crippen LogP contribution in [-0.2, 0) is 20.4 Å². The molecule has 0 amide bonds. The number of unbranched alkanes of at least 4 members (excludes halogenated alkanes) is 4. The summed E-state index contributed by atoms with van der Waals surface area (Å²) in [6, 6.07) is 14.4. The summed E-state index contributed by atoms with van der Waals surface area (Å²) in [4.78, 5) is 43.1. The third-order valence-electron chi connectivity index (χ3n) is 14.3. The van der Waals surface area contributed by atoms with Crippen LogP contribution in [0.15, 0.2) is 83.0 Å². The number of carbonyl (C=O) groups is 2. The van der Waals surface area contributed by atoms with Crippen LogP contribution >= 0.6 is 45.3 Å². The molecule has 0 aromatic carbocycles. The Hall–Kier alpha value is -3.30. The maximum Gasteiger partial charge on any atom is 0.185 e. The topological polar surface area (TPSA) is 40.6 Å². The molecule has 4 heterocycles. The number of fused-ring (bicyclic) bond motifs is 6. The maximum atomic E-state index is 15.2. The van der Waals surface area contributed by atoms with Crippen molar-refractivity contribution >= 4 is 66.9 Å². The molecule has 8 heteroatoms. The van der Waals surface area contributed by atoms with Crippen molar-refractivity contribution in [2.45, 2.75) is 173 Å². The van der Waals surface area contributed by atoms with Crippen LogP contribution in [0.5, 0.6) is 0 Å². The number of nitrogens with zero attached hydrogens (tertiary/aromatic N) is 2.